The summed E-state index contributed by atoms with van der Waals surface area (Å²) in [6.45, 7) is 1.82. The number of aromatic nitrogens is 2. The van der Waals surface area contributed by atoms with Gasteiger partial charge >= 0.3 is 13.4 Å². The van der Waals surface area contributed by atoms with Crippen LogP contribution in [0.25, 0.3) is 0 Å². The number of H-pyrrole nitrogens is 1. The highest BCUT2D eigenvalue weighted by atomic mass is 31.2. The van der Waals surface area contributed by atoms with Gasteiger partial charge in [-0.25, -0.2) is 14.4 Å². The van der Waals surface area contributed by atoms with E-state index in [0.29, 0.717) is 0 Å². The number of halogens is 1. The van der Waals surface area contributed by atoms with Crippen molar-refractivity contribution in [3.05, 3.63) is 104 Å². The fourth-order valence-corrected chi connectivity index (χ4v) is 5.05. The maximum absolute atomic E-state index is 13.7. The lowest BCUT2D eigenvalue weighted by Gasteiger charge is -2.22. The zero-order valence-corrected chi connectivity index (χ0v) is 20.4. The van der Waals surface area contributed by atoms with Crippen LogP contribution in [0.3, 0.4) is 0 Å². The third-order valence-electron chi connectivity index (χ3n) is 5.65. The zero-order valence-electron chi connectivity index (χ0n) is 19.5. The Morgan fingerprint density at radius 1 is 1.17 bits per heavy atom. The minimum Gasteiger partial charge on any atom is -0.390 e. The summed E-state index contributed by atoms with van der Waals surface area (Å²) in [5, 5.41) is 13.3. The first-order chi connectivity index (χ1) is 17.2. The van der Waals surface area contributed by atoms with Gasteiger partial charge in [0.05, 0.1) is 25.5 Å². The number of rotatable bonds is 10. The van der Waals surface area contributed by atoms with E-state index in [9.17, 15) is 23.7 Å². The number of hydrogen-bond donors (Lipinski definition) is 3. The Hall–Kier alpha value is -2.92. The Balaban J connectivity index is 1.44. The topological polar surface area (TPSA) is 132 Å². The number of aliphatic hydroxyl groups is 1. The molecule has 2 heterocycles. The van der Waals surface area contributed by atoms with Crippen molar-refractivity contribution in [3.8, 4) is 0 Å². The maximum atomic E-state index is 13.7. The van der Waals surface area contributed by atoms with E-state index < -0.39 is 43.2 Å². The van der Waals surface area contributed by atoms with Crippen LogP contribution in [0.4, 0.5) is 4.39 Å². The van der Waals surface area contributed by atoms with Crippen molar-refractivity contribution < 1.29 is 27.8 Å². The number of aliphatic hydroxyl groups excluding tert-OH is 1. The van der Waals surface area contributed by atoms with E-state index in [1.165, 1.54) is 0 Å². The van der Waals surface area contributed by atoms with Crippen LogP contribution in [0.5, 0.6) is 0 Å². The Morgan fingerprint density at radius 2 is 1.92 bits per heavy atom. The van der Waals surface area contributed by atoms with Crippen molar-refractivity contribution in [2.75, 3.05) is 6.61 Å². The largest absolute Gasteiger partial charge is 0.406 e. The quantitative estimate of drug-likeness (QED) is 0.349. The van der Waals surface area contributed by atoms with Gasteiger partial charge in [-0.15, -0.1) is 0 Å². The summed E-state index contributed by atoms with van der Waals surface area (Å²) in [6, 6.07) is 16.8. The molecule has 0 bridgehead atoms. The van der Waals surface area contributed by atoms with Crippen LogP contribution >= 0.6 is 7.75 Å². The molecule has 1 fully saturated rings. The molecule has 1 aliphatic heterocycles. The summed E-state index contributed by atoms with van der Waals surface area (Å²) >= 11 is 0. The number of ether oxygens (including phenoxy) is 1. The highest BCUT2D eigenvalue weighted by molar-refractivity contribution is 7.51. The molecule has 0 spiro atoms. The molecule has 0 amide bonds. The van der Waals surface area contributed by atoms with Gasteiger partial charge in [0.1, 0.15) is 12.3 Å². The first kappa shape index (κ1) is 26.2. The molecular weight excluding hydrogens is 492 g/mol. The van der Waals surface area contributed by atoms with E-state index in [2.05, 4.69) is 5.09 Å². The minimum absolute atomic E-state index is 0.0174. The van der Waals surface area contributed by atoms with Crippen molar-refractivity contribution in [2.24, 2.45) is 0 Å². The number of benzene rings is 2. The smallest absolute Gasteiger partial charge is 0.390 e. The molecule has 10 nitrogen and oxygen atoms in total. The first-order valence-corrected chi connectivity index (χ1v) is 12.8. The van der Waals surface area contributed by atoms with Gasteiger partial charge in [0.25, 0.3) is 5.56 Å². The monoisotopic (exact) mass is 519 g/mol. The van der Waals surface area contributed by atoms with Crippen LogP contribution in [-0.4, -0.2) is 33.5 Å². The van der Waals surface area contributed by atoms with Crippen molar-refractivity contribution in [1.82, 2.24) is 14.6 Å². The molecule has 0 radical (unpaired) electrons. The Kier molecular flexibility index (Phi) is 8.30. The molecule has 2 aromatic carbocycles. The van der Waals surface area contributed by atoms with Gasteiger partial charge < -0.3 is 9.84 Å². The molecule has 1 aromatic heterocycles. The van der Waals surface area contributed by atoms with Crippen LogP contribution in [0.1, 0.15) is 29.3 Å². The Bertz CT molecular complexity index is 1350. The van der Waals surface area contributed by atoms with Gasteiger partial charge in [-0.05, 0) is 18.1 Å². The lowest BCUT2D eigenvalue weighted by molar-refractivity contribution is -0.0442. The second-order valence-corrected chi connectivity index (χ2v) is 10.3. The predicted octanol–water partition coefficient (Wildman–Crippen LogP) is 2.76. The molecule has 1 unspecified atom stereocenters. The number of aryl methyl sites for hydroxylation is 1. The summed E-state index contributed by atoms with van der Waals surface area (Å²) in [6.07, 6.45) is -2.47. The molecule has 0 saturated carbocycles. The van der Waals surface area contributed by atoms with Gasteiger partial charge in [0, 0.05) is 13.0 Å². The molecule has 0 aliphatic carbocycles. The van der Waals surface area contributed by atoms with E-state index in [1.54, 1.807) is 0 Å². The normalized spacial score (nSPS) is 21.4. The van der Waals surface area contributed by atoms with Crippen LogP contribution in [0, 0.1) is 12.7 Å². The number of aromatic amines is 1. The molecule has 3 aromatic rings. The Morgan fingerprint density at radius 3 is 2.67 bits per heavy atom. The van der Waals surface area contributed by atoms with E-state index in [1.807, 2.05) is 66.5 Å². The zero-order chi connectivity index (χ0) is 25.7. The highest BCUT2D eigenvalue weighted by Crippen LogP contribution is 2.46. The first-order valence-electron chi connectivity index (χ1n) is 11.3. The average Bonchev–Trinajstić information content (AvgIpc) is 3.23. The van der Waals surface area contributed by atoms with E-state index in [0.717, 1.165) is 27.5 Å². The second kappa shape index (κ2) is 11.4. The molecule has 1 aliphatic rings. The lowest BCUT2D eigenvalue weighted by atomic mass is 10.1. The lowest BCUT2D eigenvalue weighted by Crippen LogP contribution is -2.34. The summed E-state index contributed by atoms with van der Waals surface area (Å²) in [5.74, 6) is -1.16. The fraction of sp³-hybridized carbons (Fsp3) is 0.333. The molecule has 12 heteroatoms. The van der Waals surface area contributed by atoms with Crippen LogP contribution < -0.4 is 16.3 Å². The molecule has 192 valence electrons. The summed E-state index contributed by atoms with van der Waals surface area (Å²) in [7, 11) is -3.88. The second-order valence-electron chi connectivity index (χ2n) is 8.45. The third-order valence-corrected chi connectivity index (χ3v) is 7.15. The average molecular weight is 519 g/mol. The van der Waals surface area contributed by atoms with Crippen LogP contribution in [-0.2, 0) is 31.5 Å². The van der Waals surface area contributed by atoms with E-state index in [-0.39, 0.29) is 26.2 Å². The predicted molar refractivity (Wildman–Crippen MR) is 129 cm³/mol. The summed E-state index contributed by atoms with van der Waals surface area (Å²) in [5.41, 5.74) is 0.656. The van der Waals surface area contributed by atoms with E-state index in [4.69, 9.17) is 13.8 Å². The molecule has 3 N–H and O–H groups in total. The van der Waals surface area contributed by atoms with Gasteiger partial charge in [0.15, 0.2) is 0 Å². The van der Waals surface area contributed by atoms with Crippen molar-refractivity contribution >= 4 is 7.75 Å². The number of nitrogens with zero attached hydrogens (tertiary/aromatic N) is 1. The van der Waals surface area contributed by atoms with Crippen LogP contribution in [0.15, 0.2) is 70.4 Å². The maximum Gasteiger partial charge on any atom is 0.406 e. The number of hydrogen-bond acceptors (Lipinski definition) is 7. The van der Waals surface area contributed by atoms with Gasteiger partial charge in [0.2, 0.25) is 5.82 Å². The molecule has 1 saturated heterocycles. The molecule has 36 heavy (non-hydrogen) atoms. The molecule has 4 atom stereocenters. The third kappa shape index (κ3) is 6.64. The fourth-order valence-electron chi connectivity index (χ4n) is 3.76. The number of nitrogens with one attached hydrogen (secondary N) is 2. The van der Waals surface area contributed by atoms with Crippen molar-refractivity contribution in [3.63, 3.8) is 0 Å². The van der Waals surface area contributed by atoms with Gasteiger partial charge in [-0.1, -0.05) is 60.2 Å². The molecule has 4 rings (SSSR count). The van der Waals surface area contributed by atoms with Crippen molar-refractivity contribution in [2.45, 2.75) is 44.9 Å². The van der Waals surface area contributed by atoms with Gasteiger partial charge in [-0.2, -0.15) is 4.39 Å². The highest BCUT2D eigenvalue weighted by Gasteiger charge is 2.38. The van der Waals surface area contributed by atoms with Crippen molar-refractivity contribution in [1.29, 1.82) is 0 Å². The van der Waals surface area contributed by atoms with E-state index >= 15 is 0 Å². The Labute approximate surface area is 206 Å². The standard InChI is InChI=1S/C24H27FN3O7P/c1-16-6-5-9-18(10-16)14-33-36(32,26-12-17-7-3-2-4-8-17)34-15-21-20(29)11-22(35-21)28-13-19(25)23(30)27-24(28)31/h2-10,13,20-22,29H,11-12,14-15H2,1H3,(H,26,32)(H,27,30,31)/t20-,21+,22+,36?/m0/s1. The minimum atomic E-state index is -3.88. The van der Waals surface area contributed by atoms with Crippen LogP contribution in [0.2, 0.25) is 0 Å². The summed E-state index contributed by atoms with van der Waals surface area (Å²) in [4.78, 5) is 25.2. The van der Waals surface area contributed by atoms with Gasteiger partial charge in [-0.3, -0.25) is 23.4 Å². The summed E-state index contributed by atoms with van der Waals surface area (Å²) < 4.78 is 45.1. The molecular formula is C24H27FN3O7P. The SMILES string of the molecule is Cc1cccc(COP(=O)(NCc2ccccc2)OC[C@H]2O[C@@H](n3cc(F)c(=O)[nH]c3=O)C[C@@H]2O)c1.